The van der Waals surface area contributed by atoms with Gasteiger partial charge in [0.1, 0.15) is 13.2 Å². The van der Waals surface area contributed by atoms with E-state index in [2.05, 4.69) is 25.7 Å². The summed E-state index contributed by atoms with van der Waals surface area (Å²) in [5, 5.41) is 0. The molecule has 1 aromatic rings. The largest absolute Gasteiger partial charge is 0.486 e. The predicted molar refractivity (Wildman–Crippen MR) is 74.6 cm³/mol. The van der Waals surface area contributed by atoms with Gasteiger partial charge in [0.2, 0.25) is 0 Å². The Morgan fingerprint density at radius 2 is 1.83 bits per heavy atom. The van der Waals surface area contributed by atoms with Gasteiger partial charge in [0, 0.05) is 25.2 Å². The number of nitrogens with zero attached hydrogens (tertiary/aromatic N) is 1. The molecule has 0 unspecified atom stereocenters. The van der Waals surface area contributed by atoms with E-state index in [9.17, 15) is 0 Å². The van der Waals surface area contributed by atoms with Crippen molar-refractivity contribution in [2.24, 2.45) is 5.92 Å². The number of nitrogen functional groups attached to an aromatic ring is 1. The molecule has 100 valence electrons. The minimum Gasteiger partial charge on any atom is -0.486 e. The smallest absolute Gasteiger partial charge is 0.163 e. The zero-order valence-corrected chi connectivity index (χ0v) is 11.4. The Hall–Kier alpha value is -1.58. The second kappa shape index (κ2) is 5.38. The summed E-state index contributed by atoms with van der Waals surface area (Å²) in [6, 6.07) is 3.86. The number of hydrogen-bond donors (Lipinski definition) is 1. The molecule has 1 aromatic carbocycles. The van der Waals surface area contributed by atoms with Crippen LogP contribution in [-0.2, 0) is 0 Å². The summed E-state index contributed by atoms with van der Waals surface area (Å²) in [7, 11) is 0. The SMILES string of the molecule is CCN(CC(C)C)c1cc2c(cc1N)OCCO2. The van der Waals surface area contributed by atoms with Crippen LogP contribution in [0.3, 0.4) is 0 Å². The second-order valence-corrected chi connectivity index (χ2v) is 4.99. The number of hydrogen-bond acceptors (Lipinski definition) is 4. The lowest BCUT2D eigenvalue weighted by atomic mass is 10.1. The average Bonchev–Trinajstić information content (AvgIpc) is 2.35. The van der Waals surface area contributed by atoms with Crippen molar-refractivity contribution in [3.63, 3.8) is 0 Å². The van der Waals surface area contributed by atoms with Crippen LogP contribution < -0.4 is 20.1 Å². The summed E-state index contributed by atoms with van der Waals surface area (Å²) < 4.78 is 11.1. The minimum absolute atomic E-state index is 0.593. The zero-order valence-electron chi connectivity index (χ0n) is 11.4. The van der Waals surface area contributed by atoms with Crippen LogP contribution >= 0.6 is 0 Å². The number of anilines is 2. The third kappa shape index (κ3) is 2.63. The fraction of sp³-hybridized carbons (Fsp3) is 0.571. The molecule has 1 aliphatic rings. The standard InChI is InChI=1S/C14H22N2O2/c1-4-16(9-10(2)3)12-8-14-13(7-11(12)15)17-5-6-18-14/h7-8,10H,4-6,9,15H2,1-3H3. The first kappa shape index (κ1) is 12.9. The summed E-state index contributed by atoms with van der Waals surface area (Å²) in [5.74, 6) is 2.15. The molecule has 2 N–H and O–H groups in total. The number of fused-ring (bicyclic) bond motifs is 1. The molecule has 0 fully saturated rings. The van der Waals surface area contributed by atoms with Crippen molar-refractivity contribution in [3.8, 4) is 11.5 Å². The van der Waals surface area contributed by atoms with Crippen LogP contribution in [0.2, 0.25) is 0 Å². The van der Waals surface area contributed by atoms with Crippen molar-refractivity contribution in [1.29, 1.82) is 0 Å². The highest BCUT2D eigenvalue weighted by atomic mass is 16.6. The van der Waals surface area contributed by atoms with Gasteiger partial charge in [0.25, 0.3) is 0 Å². The van der Waals surface area contributed by atoms with Gasteiger partial charge in [-0.15, -0.1) is 0 Å². The molecule has 4 heteroatoms. The first-order chi connectivity index (χ1) is 8.61. The highest BCUT2D eigenvalue weighted by Crippen LogP contribution is 2.38. The van der Waals surface area contributed by atoms with Crippen LogP contribution in [0.25, 0.3) is 0 Å². The van der Waals surface area contributed by atoms with Gasteiger partial charge in [-0.1, -0.05) is 13.8 Å². The Morgan fingerprint density at radius 1 is 1.22 bits per heavy atom. The molecule has 0 saturated carbocycles. The van der Waals surface area contributed by atoms with Gasteiger partial charge in [-0.3, -0.25) is 0 Å². The van der Waals surface area contributed by atoms with Crippen LogP contribution in [0.15, 0.2) is 12.1 Å². The van der Waals surface area contributed by atoms with E-state index in [1.54, 1.807) is 0 Å². The second-order valence-electron chi connectivity index (χ2n) is 4.99. The number of rotatable bonds is 4. The van der Waals surface area contributed by atoms with E-state index in [0.717, 1.165) is 36.0 Å². The van der Waals surface area contributed by atoms with Crippen molar-refractivity contribution < 1.29 is 9.47 Å². The fourth-order valence-electron chi connectivity index (χ4n) is 2.21. The molecule has 1 aliphatic heterocycles. The number of benzene rings is 1. The van der Waals surface area contributed by atoms with E-state index in [1.807, 2.05) is 12.1 Å². The third-order valence-electron chi connectivity index (χ3n) is 3.00. The lowest BCUT2D eigenvalue weighted by Crippen LogP contribution is -2.28. The molecule has 18 heavy (non-hydrogen) atoms. The highest BCUT2D eigenvalue weighted by molar-refractivity contribution is 5.73. The quantitative estimate of drug-likeness (QED) is 0.834. The topological polar surface area (TPSA) is 47.7 Å². The van der Waals surface area contributed by atoms with E-state index in [1.165, 1.54) is 0 Å². The van der Waals surface area contributed by atoms with Crippen molar-refractivity contribution >= 4 is 11.4 Å². The zero-order chi connectivity index (χ0) is 13.1. The fourth-order valence-corrected chi connectivity index (χ4v) is 2.21. The molecular weight excluding hydrogens is 228 g/mol. The molecule has 4 nitrogen and oxygen atoms in total. The molecule has 0 aromatic heterocycles. The lowest BCUT2D eigenvalue weighted by Gasteiger charge is -2.28. The van der Waals surface area contributed by atoms with Gasteiger partial charge in [-0.2, -0.15) is 0 Å². The predicted octanol–water partition coefficient (Wildman–Crippen LogP) is 2.52. The normalized spacial score (nSPS) is 13.8. The Kier molecular flexibility index (Phi) is 3.84. The molecule has 0 amide bonds. The van der Waals surface area contributed by atoms with Gasteiger partial charge >= 0.3 is 0 Å². The molecule has 1 heterocycles. The van der Waals surface area contributed by atoms with Gasteiger partial charge in [-0.05, 0) is 12.8 Å². The van der Waals surface area contributed by atoms with E-state index in [4.69, 9.17) is 15.2 Å². The molecule has 2 rings (SSSR count). The molecule has 0 radical (unpaired) electrons. The maximum atomic E-state index is 6.12. The first-order valence-electron chi connectivity index (χ1n) is 6.56. The third-order valence-corrected chi connectivity index (χ3v) is 3.00. The average molecular weight is 250 g/mol. The Bertz CT molecular complexity index is 419. The number of ether oxygens (including phenoxy) is 2. The Balaban J connectivity index is 2.31. The highest BCUT2D eigenvalue weighted by Gasteiger charge is 2.17. The summed E-state index contributed by atoms with van der Waals surface area (Å²) in [4.78, 5) is 2.28. The summed E-state index contributed by atoms with van der Waals surface area (Å²) in [5.41, 5.74) is 7.91. The summed E-state index contributed by atoms with van der Waals surface area (Å²) in [6.07, 6.45) is 0. The van der Waals surface area contributed by atoms with Crippen LogP contribution in [0.1, 0.15) is 20.8 Å². The van der Waals surface area contributed by atoms with Crippen LogP contribution in [-0.4, -0.2) is 26.3 Å². The Morgan fingerprint density at radius 3 is 2.39 bits per heavy atom. The van der Waals surface area contributed by atoms with Crippen LogP contribution in [0, 0.1) is 5.92 Å². The monoisotopic (exact) mass is 250 g/mol. The van der Waals surface area contributed by atoms with E-state index >= 15 is 0 Å². The van der Waals surface area contributed by atoms with Crippen molar-refractivity contribution in [1.82, 2.24) is 0 Å². The van der Waals surface area contributed by atoms with E-state index < -0.39 is 0 Å². The summed E-state index contributed by atoms with van der Waals surface area (Å²) in [6.45, 7) is 9.66. The van der Waals surface area contributed by atoms with Crippen molar-refractivity contribution in [2.45, 2.75) is 20.8 Å². The molecule has 0 bridgehead atoms. The van der Waals surface area contributed by atoms with Gasteiger partial charge in [-0.25, -0.2) is 0 Å². The first-order valence-corrected chi connectivity index (χ1v) is 6.56. The van der Waals surface area contributed by atoms with E-state index in [-0.39, 0.29) is 0 Å². The molecular formula is C14H22N2O2. The molecule has 0 atom stereocenters. The van der Waals surface area contributed by atoms with Gasteiger partial charge < -0.3 is 20.1 Å². The molecule has 0 saturated heterocycles. The maximum absolute atomic E-state index is 6.12. The molecule has 0 spiro atoms. The van der Waals surface area contributed by atoms with Crippen molar-refractivity contribution in [3.05, 3.63) is 12.1 Å². The minimum atomic E-state index is 0.593. The maximum Gasteiger partial charge on any atom is 0.163 e. The van der Waals surface area contributed by atoms with Crippen LogP contribution in [0.4, 0.5) is 11.4 Å². The van der Waals surface area contributed by atoms with Crippen molar-refractivity contribution in [2.75, 3.05) is 36.9 Å². The number of nitrogens with two attached hydrogens (primary N) is 1. The summed E-state index contributed by atoms with van der Waals surface area (Å²) >= 11 is 0. The van der Waals surface area contributed by atoms with E-state index in [0.29, 0.717) is 19.1 Å². The lowest BCUT2D eigenvalue weighted by molar-refractivity contribution is 0.172. The molecule has 0 aliphatic carbocycles. The van der Waals surface area contributed by atoms with Gasteiger partial charge in [0.15, 0.2) is 11.5 Å². The van der Waals surface area contributed by atoms with Gasteiger partial charge in [0.05, 0.1) is 11.4 Å². The van der Waals surface area contributed by atoms with Crippen LogP contribution in [0.5, 0.6) is 11.5 Å². The Labute approximate surface area is 109 Å².